The Bertz CT molecular complexity index is 1490. The molecular formula is C26H25ClN6O2. The van der Waals surface area contributed by atoms with E-state index in [2.05, 4.69) is 37.5 Å². The quantitative estimate of drug-likeness (QED) is 0.281. The van der Waals surface area contributed by atoms with E-state index in [9.17, 15) is 5.11 Å². The van der Waals surface area contributed by atoms with Gasteiger partial charge in [0.15, 0.2) is 5.82 Å². The molecule has 0 saturated carbocycles. The van der Waals surface area contributed by atoms with E-state index in [-0.39, 0.29) is 5.75 Å². The van der Waals surface area contributed by atoms with Crippen LogP contribution in [0, 0.1) is 13.8 Å². The number of tetrazole rings is 1. The number of halogens is 1. The molecule has 0 aliphatic heterocycles. The summed E-state index contributed by atoms with van der Waals surface area (Å²) in [6, 6.07) is 13.6. The Morgan fingerprint density at radius 1 is 1.06 bits per heavy atom. The summed E-state index contributed by atoms with van der Waals surface area (Å²) in [5.41, 5.74) is 7.30. The number of aromatic hydroxyl groups is 1. The molecule has 9 heteroatoms. The number of imidazole rings is 1. The zero-order valence-electron chi connectivity index (χ0n) is 19.7. The highest BCUT2D eigenvalue weighted by atomic mass is 35.5. The summed E-state index contributed by atoms with van der Waals surface area (Å²) in [5, 5.41) is 25.2. The molecule has 5 aromatic rings. The van der Waals surface area contributed by atoms with Gasteiger partial charge in [-0.2, -0.15) is 0 Å². The summed E-state index contributed by atoms with van der Waals surface area (Å²) in [6.45, 7) is 6.38. The molecule has 0 aliphatic rings. The minimum absolute atomic E-state index is 0.247. The zero-order chi connectivity index (χ0) is 24.5. The van der Waals surface area contributed by atoms with Gasteiger partial charge in [0.1, 0.15) is 29.4 Å². The van der Waals surface area contributed by atoms with Crippen LogP contribution in [0.1, 0.15) is 40.6 Å². The van der Waals surface area contributed by atoms with Gasteiger partial charge >= 0.3 is 0 Å². The van der Waals surface area contributed by atoms with E-state index >= 15 is 0 Å². The number of hydrogen-bond donors (Lipinski definition) is 3. The van der Waals surface area contributed by atoms with Gasteiger partial charge in [0.2, 0.25) is 0 Å². The largest absolute Gasteiger partial charge is 0.505 e. The molecule has 0 spiro atoms. The fraction of sp³-hybridized carbons (Fsp3) is 0.231. The van der Waals surface area contributed by atoms with Gasteiger partial charge in [0.25, 0.3) is 0 Å². The normalized spacial score (nSPS) is 11.3. The summed E-state index contributed by atoms with van der Waals surface area (Å²) < 4.78 is 5.99. The van der Waals surface area contributed by atoms with Gasteiger partial charge in [-0.1, -0.05) is 42.8 Å². The van der Waals surface area contributed by atoms with Crippen LogP contribution in [0.25, 0.3) is 22.4 Å². The van der Waals surface area contributed by atoms with E-state index in [1.165, 1.54) is 0 Å². The van der Waals surface area contributed by atoms with Crippen LogP contribution in [0.4, 0.5) is 0 Å². The van der Waals surface area contributed by atoms with Gasteiger partial charge in [-0.25, -0.2) is 10.1 Å². The molecule has 5 rings (SSSR count). The molecule has 8 nitrogen and oxygen atoms in total. The Morgan fingerprint density at radius 3 is 2.57 bits per heavy atom. The molecule has 2 heterocycles. The number of phenols is 1. The standard InChI is InChI=1S/C26H25ClN6O2/c1-4-21-28-23-14(2)20(15(3)25(34)24(23)29-21)12-16-8-10-18(11-9-16)35-13-17-6-5-7-19(22(17)27)26-30-32-33-31-26/h5-11,34H,4,12-13H2,1-3H3,(H,28,29)(H,30,31,32,33). The first kappa shape index (κ1) is 22.9. The van der Waals surface area contributed by atoms with Crippen LogP contribution < -0.4 is 4.74 Å². The number of hydrogen-bond acceptors (Lipinski definition) is 6. The average Bonchev–Trinajstić information content (AvgIpc) is 3.56. The second kappa shape index (κ2) is 9.38. The molecule has 178 valence electrons. The van der Waals surface area contributed by atoms with E-state index in [4.69, 9.17) is 16.3 Å². The molecule has 0 bridgehead atoms. The fourth-order valence-corrected chi connectivity index (χ4v) is 4.54. The number of aromatic amines is 2. The third kappa shape index (κ3) is 4.33. The number of nitrogens with one attached hydrogen (secondary N) is 2. The monoisotopic (exact) mass is 488 g/mol. The first-order chi connectivity index (χ1) is 17.0. The first-order valence-electron chi connectivity index (χ1n) is 11.4. The number of nitrogens with zero attached hydrogens (tertiary/aromatic N) is 4. The van der Waals surface area contributed by atoms with Crippen molar-refractivity contribution in [3.63, 3.8) is 0 Å². The maximum atomic E-state index is 10.7. The molecular weight excluding hydrogens is 464 g/mol. The number of benzene rings is 3. The summed E-state index contributed by atoms with van der Waals surface area (Å²) in [7, 11) is 0. The number of phenolic OH excluding ortho intramolecular Hbond substituents is 1. The zero-order valence-corrected chi connectivity index (χ0v) is 20.4. The smallest absolute Gasteiger partial charge is 0.180 e. The second-order valence-electron chi connectivity index (χ2n) is 8.48. The molecule has 0 unspecified atom stereocenters. The number of ether oxygens (including phenoxy) is 1. The van der Waals surface area contributed by atoms with Gasteiger partial charge < -0.3 is 14.8 Å². The molecule has 3 N–H and O–H groups in total. The fourth-order valence-electron chi connectivity index (χ4n) is 4.27. The minimum Gasteiger partial charge on any atom is -0.505 e. The highest BCUT2D eigenvalue weighted by Gasteiger charge is 2.18. The van der Waals surface area contributed by atoms with Crippen LogP contribution in [0.2, 0.25) is 5.02 Å². The molecule has 0 atom stereocenters. The number of fused-ring (bicyclic) bond motifs is 1. The average molecular weight is 489 g/mol. The predicted octanol–water partition coefficient (Wildman–Crippen LogP) is 5.45. The van der Waals surface area contributed by atoms with Gasteiger partial charge in [0.05, 0.1) is 10.5 Å². The molecule has 0 saturated heterocycles. The Hall–Kier alpha value is -3.91. The lowest BCUT2D eigenvalue weighted by atomic mass is 9.94. The molecule has 0 aliphatic carbocycles. The second-order valence-corrected chi connectivity index (χ2v) is 8.85. The number of H-pyrrole nitrogens is 2. The van der Waals surface area contributed by atoms with Crippen LogP contribution in [0.15, 0.2) is 42.5 Å². The van der Waals surface area contributed by atoms with Crippen molar-refractivity contribution < 1.29 is 9.84 Å². The SMILES string of the molecule is CCc1nc2c(O)c(C)c(Cc3ccc(OCc4cccc(-c5nnn[nH]5)c4Cl)cc3)c(C)c2[nH]1. The molecule has 0 radical (unpaired) electrons. The maximum Gasteiger partial charge on any atom is 0.180 e. The van der Waals surface area contributed by atoms with Crippen molar-refractivity contribution in [2.24, 2.45) is 0 Å². The van der Waals surface area contributed by atoms with Crippen LogP contribution in [-0.2, 0) is 19.4 Å². The van der Waals surface area contributed by atoms with Gasteiger partial charge in [-0.05, 0) is 71.1 Å². The van der Waals surface area contributed by atoms with Crippen LogP contribution in [0.3, 0.4) is 0 Å². The molecule has 2 aromatic heterocycles. The third-order valence-corrected chi connectivity index (χ3v) is 6.77. The Morgan fingerprint density at radius 2 is 1.86 bits per heavy atom. The summed E-state index contributed by atoms with van der Waals surface area (Å²) in [6.07, 6.45) is 1.48. The van der Waals surface area contributed by atoms with E-state index in [1.54, 1.807) is 0 Å². The predicted molar refractivity (Wildman–Crippen MR) is 135 cm³/mol. The van der Waals surface area contributed by atoms with E-state index in [1.807, 2.05) is 56.3 Å². The van der Waals surface area contributed by atoms with Crippen molar-refractivity contribution >= 4 is 22.6 Å². The molecule has 35 heavy (non-hydrogen) atoms. The highest BCUT2D eigenvalue weighted by Crippen LogP contribution is 2.35. The Labute approximate surface area is 207 Å². The van der Waals surface area contributed by atoms with Crippen molar-refractivity contribution in [3.05, 3.63) is 81.1 Å². The van der Waals surface area contributed by atoms with Crippen molar-refractivity contribution in [2.45, 2.75) is 40.2 Å². The molecule has 0 amide bonds. The molecule has 0 fully saturated rings. The summed E-state index contributed by atoms with van der Waals surface area (Å²) in [5.74, 6) is 2.37. The maximum absolute atomic E-state index is 10.7. The van der Waals surface area contributed by atoms with Crippen molar-refractivity contribution in [1.82, 2.24) is 30.6 Å². The van der Waals surface area contributed by atoms with Crippen molar-refractivity contribution in [3.8, 4) is 22.9 Å². The lowest BCUT2D eigenvalue weighted by Gasteiger charge is -2.14. The van der Waals surface area contributed by atoms with Crippen LogP contribution in [-0.4, -0.2) is 35.7 Å². The topological polar surface area (TPSA) is 113 Å². The van der Waals surface area contributed by atoms with E-state index in [0.29, 0.717) is 29.4 Å². The van der Waals surface area contributed by atoms with Gasteiger partial charge in [-0.3, -0.25) is 0 Å². The highest BCUT2D eigenvalue weighted by molar-refractivity contribution is 6.34. The minimum atomic E-state index is 0.247. The lowest BCUT2D eigenvalue weighted by molar-refractivity contribution is 0.306. The van der Waals surface area contributed by atoms with Crippen molar-refractivity contribution in [1.29, 1.82) is 0 Å². The van der Waals surface area contributed by atoms with E-state index < -0.39 is 0 Å². The Kier molecular flexibility index (Phi) is 6.13. The van der Waals surface area contributed by atoms with E-state index in [0.717, 1.165) is 56.9 Å². The Balaban J connectivity index is 1.32. The lowest BCUT2D eigenvalue weighted by Crippen LogP contribution is -1.99. The number of rotatable bonds is 7. The van der Waals surface area contributed by atoms with Crippen LogP contribution in [0.5, 0.6) is 11.5 Å². The number of aryl methyl sites for hydroxylation is 2. The van der Waals surface area contributed by atoms with Gasteiger partial charge in [0, 0.05) is 17.5 Å². The third-order valence-electron chi connectivity index (χ3n) is 6.33. The van der Waals surface area contributed by atoms with Gasteiger partial charge in [-0.15, -0.1) is 5.10 Å². The number of aromatic nitrogens is 6. The van der Waals surface area contributed by atoms with Crippen LogP contribution >= 0.6 is 11.6 Å². The summed E-state index contributed by atoms with van der Waals surface area (Å²) in [4.78, 5) is 7.89. The summed E-state index contributed by atoms with van der Waals surface area (Å²) >= 11 is 6.55. The van der Waals surface area contributed by atoms with Crippen molar-refractivity contribution in [2.75, 3.05) is 0 Å². The first-order valence-corrected chi connectivity index (χ1v) is 11.8. The molecule has 3 aromatic carbocycles.